The van der Waals surface area contributed by atoms with Crippen LogP contribution in [0.3, 0.4) is 0 Å². The Morgan fingerprint density at radius 3 is 2.50 bits per heavy atom. The summed E-state index contributed by atoms with van der Waals surface area (Å²) in [5, 5.41) is 7.82. The second-order valence-electron chi connectivity index (χ2n) is 5.06. The number of nitrogens with zero attached hydrogens (tertiary/aromatic N) is 3. The Kier molecular flexibility index (Phi) is 6.33. The zero-order valence-electron chi connectivity index (χ0n) is 12.4. The first-order valence-electron chi connectivity index (χ1n) is 7.28. The van der Waals surface area contributed by atoms with Gasteiger partial charge in [0.2, 0.25) is 0 Å². The summed E-state index contributed by atoms with van der Waals surface area (Å²) in [5.41, 5.74) is 0.314. The Bertz CT molecular complexity index is 328. The van der Waals surface area contributed by atoms with Crippen molar-refractivity contribution in [2.45, 2.75) is 59.9 Å². The van der Waals surface area contributed by atoms with Crippen LogP contribution < -0.4 is 5.32 Å². The Labute approximate surface area is 111 Å². The van der Waals surface area contributed by atoms with Crippen molar-refractivity contribution in [2.75, 3.05) is 13.1 Å². The summed E-state index contributed by atoms with van der Waals surface area (Å²) >= 11 is 0. The number of hydrogen-bond donors (Lipinski definition) is 1. The van der Waals surface area contributed by atoms with Gasteiger partial charge in [-0.05, 0) is 31.2 Å². The summed E-state index contributed by atoms with van der Waals surface area (Å²) in [6.45, 7) is 12.0. The van der Waals surface area contributed by atoms with Gasteiger partial charge in [0, 0.05) is 19.5 Å². The molecule has 1 heterocycles. The fourth-order valence-electron chi connectivity index (χ4n) is 2.36. The van der Waals surface area contributed by atoms with Crippen LogP contribution in [0.2, 0.25) is 0 Å². The van der Waals surface area contributed by atoms with Crippen molar-refractivity contribution in [3.8, 4) is 0 Å². The number of hydrogen-bond acceptors (Lipinski definition) is 3. The van der Waals surface area contributed by atoms with Crippen molar-refractivity contribution in [2.24, 2.45) is 5.41 Å². The molecule has 0 atom stereocenters. The minimum Gasteiger partial charge on any atom is -0.316 e. The van der Waals surface area contributed by atoms with Crippen molar-refractivity contribution < 1.29 is 0 Å². The average molecular weight is 252 g/mol. The minimum absolute atomic E-state index is 0.314. The van der Waals surface area contributed by atoms with Gasteiger partial charge in [0.05, 0.1) is 0 Å². The standard InChI is InChI=1S/C14H28N4/c1-5-9-18-13(16-12-17-18)10-14(6-2,7-3)11-15-8-4/h12,15H,5-11H2,1-4H3. The van der Waals surface area contributed by atoms with E-state index in [1.54, 1.807) is 6.33 Å². The highest BCUT2D eigenvalue weighted by atomic mass is 15.3. The van der Waals surface area contributed by atoms with Crippen molar-refractivity contribution >= 4 is 0 Å². The summed E-state index contributed by atoms with van der Waals surface area (Å²) in [6, 6.07) is 0. The van der Waals surface area contributed by atoms with E-state index in [1.165, 1.54) is 12.8 Å². The summed E-state index contributed by atoms with van der Waals surface area (Å²) in [6.07, 6.45) is 6.17. The van der Waals surface area contributed by atoms with Crippen molar-refractivity contribution in [1.29, 1.82) is 0 Å². The quantitative estimate of drug-likeness (QED) is 0.734. The van der Waals surface area contributed by atoms with Gasteiger partial charge < -0.3 is 5.32 Å². The molecule has 18 heavy (non-hydrogen) atoms. The first-order valence-corrected chi connectivity index (χ1v) is 7.28. The van der Waals surface area contributed by atoms with Gasteiger partial charge in [0.1, 0.15) is 12.2 Å². The second-order valence-corrected chi connectivity index (χ2v) is 5.06. The normalized spacial score (nSPS) is 12.0. The molecule has 1 N–H and O–H groups in total. The van der Waals surface area contributed by atoms with Gasteiger partial charge in [-0.15, -0.1) is 0 Å². The number of aryl methyl sites for hydroxylation is 1. The molecule has 0 amide bonds. The zero-order chi connectivity index (χ0) is 13.4. The highest BCUT2D eigenvalue weighted by Gasteiger charge is 2.28. The van der Waals surface area contributed by atoms with E-state index in [0.717, 1.165) is 38.3 Å². The Morgan fingerprint density at radius 1 is 1.22 bits per heavy atom. The van der Waals surface area contributed by atoms with Crippen molar-refractivity contribution in [3.05, 3.63) is 12.2 Å². The second kappa shape index (κ2) is 7.52. The van der Waals surface area contributed by atoms with Gasteiger partial charge >= 0.3 is 0 Å². The van der Waals surface area contributed by atoms with Crippen LogP contribution in [0.25, 0.3) is 0 Å². The molecule has 0 saturated carbocycles. The van der Waals surface area contributed by atoms with Crippen LogP contribution in [0.1, 0.15) is 52.8 Å². The molecular formula is C14H28N4. The molecule has 0 saturated heterocycles. The molecular weight excluding hydrogens is 224 g/mol. The average Bonchev–Trinajstić information content (AvgIpc) is 2.82. The van der Waals surface area contributed by atoms with Crippen molar-refractivity contribution in [1.82, 2.24) is 20.1 Å². The van der Waals surface area contributed by atoms with Crippen LogP contribution in [0.15, 0.2) is 6.33 Å². The molecule has 4 nitrogen and oxygen atoms in total. The Morgan fingerprint density at radius 2 is 1.94 bits per heavy atom. The van der Waals surface area contributed by atoms with Gasteiger partial charge in [-0.3, -0.25) is 4.68 Å². The number of aromatic nitrogens is 3. The third-order valence-electron chi connectivity index (χ3n) is 3.91. The van der Waals surface area contributed by atoms with Gasteiger partial charge in [0.15, 0.2) is 0 Å². The van der Waals surface area contributed by atoms with Gasteiger partial charge in [-0.25, -0.2) is 4.98 Å². The maximum Gasteiger partial charge on any atom is 0.138 e. The Hall–Kier alpha value is -0.900. The lowest BCUT2D eigenvalue weighted by Crippen LogP contribution is -2.36. The zero-order valence-corrected chi connectivity index (χ0v) is 12.4. The lowest BCUT2D eigenvalue weighted by molar-refractivity contribution is 0.239. The molecule has 0 aromatic carbocycles. The molecule has 0 bridgehead atoms. The maximum atomic E-state index is 4.45. The van der Waals surface area contributed by atoms with Gasteiger partial charge in [0.25, 0.3) is 0 Å². The van der Waals surface area contributed by atoms with E-state index < -0.39 is 0 Å². The maximum absolute atomic E-state index is 4.45. The lowest BCUT2D eigenvalue weighted by atomic mass is 9.79. The monoisotopic (exact) mass is 252 g/mol. The van der Waals surface area contributed by atoms with E-state index in [1.807, 2.05) is 0 Å². The predicted octanol–water partition coefficient (Wildman–Crippen LogP) is 2.65. The highest BCUT2D eigenvalue weighted by molar-refractivity contribution is 4.94. The third-order valence-corrected chi connectivity index (χ3v) is 3.91. The molecule has 1 rings (SSSR count). The van der Waals surface area contributed by atoms with E-state index >= 15 is 0 Å². The number of rotatable bonds is 9. The SMILES string of the molecule is CCCn1ncnc1CC(CC)(CC)CNCC. The largest absolute Gasteiger partial charge is 0.316 e. The Balaban J connectivity index is 2.78. The third kappa shape index (κ3) is 3.80. The molecule has 1 aromatic heterocycles. The fraction of sp³-hybridized carbons (Fsp3) is 0.857. The smallest absolute Gasteiger partial charge is 0.138 e. The fourth-order valence-corrected chi connectivity index (χ4v) is 2.36. The predicted molar refractivity (Wildman–Crippen MR) is 75.6 cm³/mol. The summed E-state index contributed by atoms with van der Waals surface area (Å²) in [7, 11) is 0. The van der Waals surface area contributed by atoms with E-state index in [-0.39, 0.29) is 0 Å². The van der Waals surface area contributed by atoms with E-state index in [4.69, 9.17) is 0 Å². The molecule has 0 radical (unpaired) electrons. The topological polar surface area (TPSA) is 42.7 Å². The van der Waals surface area contributed by atoms with Gasteiger partial charge in [-0.1, -0.05) is 27.7 Å². The van der Waals surface area contributed by atoms with Crippen LogP contribution >= 0.6 is 0 Å². The van der Waals surface area contributed by atoms with E-state index in [0.29, 0.717) is 5.41 Å². The van der Waals surface area contributed by atoms with E-state index in [9.17, 15) is 0 Å². The van der Waals surface area contributed by atoms with Crippen LogP contribution in [0, 0.1) is 5.41 Å². The van der Waals surface area contributed by atoms with Crippen LogP contribution in [-0.4, -0.2) is 27.9 Å². The summed E-state index contributed by atoms with van der Waals surface area (Å²) in [5.74, 6) is 1.14. The summed E-state index contributed by atoms with van der Waals surface area (Å²) in [4.78, 5) is 4.45. The lowest BCUT2D eigenvalue weighted by Gasteiger charge is -2.31. The molecule has 0 fully saturated rings. The van der Waals surface area contributed by atoms with Crippen LogP contribution in [0.4, 0.5) is 0 Å². The number of nitrogens with one attached hydrogen (secondary N) is 1. The van der Waals surface area contributed by atoms with E-state index in [2.05, 4.69) is 47.8 Å². The first kappa shape index (κ1) is 15.2. The van der Waals surface area contributed by atoms with Gasteiger partial charge in [-0.2, -0.15) is 5.10 Å². The molecule has 104 valence electrons. The van der Waals surface area contributed by atoms with Crippen LogP contribution in [-0.2, 0) is 13.0 Å². The molecule has 0 aliphatic rings. The molecule has 0 unspecified atom stereocenters. The first-order chi connectivity index (χ1) is 8.71. The minimum atomic E-state index is 0.314. The molecule has 4 heteroatoms. The molecule has 1 aromatic rings. The van der Waals surface area contributed by atoms with Crippen molar-refractivity contribution in [3.63, 3.8) is 0 Å². The van der Waals surface area contributed by atoms with Crippen LogP contribution in [0.5, 0.6) is 0 Å². The molecule has 0 aliphatic carbocycles. The molecule has 0 spiro atoms. The highest BCUT2D eigenvalue weighted by Crippen LogP contribution is 2.29. The molecule has 0 aliphatic heterocycles. The summed E-state index contributed by atoms with van der Waals surface area (Å²) < 4.78 is 2.06.